The highest BCUT2D eigenvalue weighted by molar-refractivity contribution is 5.87. The van der Waals surface area contributed by atoms with E-state index in [4.69, 9.17) is 5.73 Å². The summed E-state index contributed by atoms with van der Waals surface area (Å²) in [5.41, 5.74) is 5.37. The van der Waals surface area contributed by atoms with E-state index in [1.54, 1.807) is 0 Å². The first-order valence-electron chi connectivity index (χ1n) is 7.47. The molecule has 1 saturated carbocycles. The molecule has 0 atom stereocenters. The summed E-state index contributed by atoms with van der Waals surface area (Å²) in [5, 5.41) is 2.82. The van der Waals surface area contributed by atoms with Gasteiger partial charge in [0.15, 0.2) is 0 Å². The van der Waals surface area contributed by atoms with Crippen molar-refractivity contribution >= 4 is 24.2 Å². The van der Waals surface area contributed by atoms with Crippen LogP contribution in [0.3, 0.4) is 0 Å². The summed E-state index contributed by atoms with van der Waals surface area (Å²) in [4.78, 5) is 25.8. The fourth-order valence-corrected chi connectivity index (χ4v) is 2.99. The Labute approximate surface area is 127 Å². The minimum Gasteiger partial charge on any atom is -0.354 e. The molecule has 116 valence electrons. The van der Waals surface area contributed by atoms with Crippen LogP contribution in [-0.2, 0) is 9.59 Å². The number of nitrogens with zero attached hydrogens (tertiary/aromatic N) is 1. The number of likely N-dealkylation sites (tertiary alicyclic amines) is 1. The molecular weight excluding hydrogens is 278 g/mol. The lowest BCUT2D eigenvalue weighted by molar-refractivity contribution is -0.132. The van der Waals surface area contributed by atoms with Crippen molar-refractivity contribution in [2.45, 2.75) is 56.9 Å². The third kappa shape index (κ3) is 4.35. The number of hydrogen-bond donors (Lipinski definition) is 2. The number of halogens is 1. The van der Waals surface area contributed by atoms with Gasteiger partial charge >= 0.3 is 0 Å². The van der Waals surface area contributed by atoms with Crippen LogP contribution in [0.4, 0.5) is 0 Å². The van der Waals surface area contributed by atoms with Crippen molar-refractivity contribution in [1.82, 2.24) is 10.2 Å². The average molecular weight is 304 g/mol. The molecule has 1 heterocycles. The van der Waals surface area contributed by atoms with Gasteiger partial charge in [0.2, 0.25) is 11.8 Å². The lowest BCUT2D eigenvalue weighted by atomic mass is 9.98. The summed E-state index contributed by atoms with van der Waals surface area (Å²) < 4.78 is 0. The number of hydrogen-bond acceptors (Lipinski definition) is 3. The van der Waals surface area contributed by atoms with E-state index in [1.807, 2.05) is 4.90 Å². The number of piperidine rings is 1. The van der Waals surface area contributed by atoms with Gasteiger partial charge in [-0.3, -0.25) is 9.59 Å². The third-order valence-corrected chi connectivity index (χ3v) is 4.28. The Balaban J connectivity index is 0.00000200. The number of amides is 2. The summed E-state index contributed by atoms with van der Waals surface area (Å²) in [6.45, 7) is 2.15. The zero-order valence-electron chi connectivity index (χ0n) is 12.0. The lowest BCUT2D eigenvalue weighted by Crippen LogP contribution is -2.52. The second kappa shape index (κ2) is 7.84. The van der Waals surface area contributed by atoms with E-state index in [1.165, 1.54) is 6.42 Å². The molecule has 2 aliphatic rings. The Kier molecular flexibility index (Phi) is 6.76. The van der Waals surface area contributed by atoms with Crippen molar-refractivity contribution in [2.75, 3.05) is 19.6 Å². The molecule has 0 aromatic rings. The molecule has 0 aromatic heterocycles. The number of rotatable bonds is 4. The van der Waals surface area contributed by atoms with Crippen LogP contribution in [0.2, 0.25) is 0 Å². The smallest absolute Gasteiger partial charge is 0.240 e. The summed E-state index contributed by atoms with van der Waals surface area (Å²) >= 11 is 0. The molecule has 6 heteroatoms. The first kappa shape index (κ1) is 17.2. The van der Waals surface area contributed by atoms with E-state index < -0.39 is 5.54 Å². The molecule has 0 aromatic carbocycles. The molecule has 0 unspecified atom stereocenters. The van der Waals surface area contributed by atoms with Crippen LogP contribution in [0.15, 0.2) is 0 Å². The maximum atomic E-state index is 12.0. The molecule has 0 bridgehead atoms. The fraction of sp³-hybridized carbons (Fsp3) is 0.857. The van der Waals surface area contributed by atoms with Crippen LogP contribution in [-0.4, -0.2) is 41.9 Å². The zero-order valence-corrected chi connectivity index (χ0v) is 12.8. The Morgan fingerprint density at radius 3 is 2.25 bits per heavy atom. The number of carbonyl (C=O) groups excluding carboxylic acids is 2. The normalized spacial score (nSPS) is 21.1. The van der Waals surface area contributed by atoms with Crippen molar-refractivity contribution in [3.63, 3.8) is 0 Å². The molecule has 2 fully saturated rings. The van der Waals surface area contributed by atoms with E-state index >= 15 is 0 Å². The summed E-state index contributed by atoms with van der Waals surface area (Å²) in [6.07, 6.45) is 7.39. The van der Waals surface area contributed by atoms with E-state index in [-0.39, 0.29) is 24.2 Å². The van der Waals surface area contributed by atoms with Gasteiger partial charge in [-0.25, -0.2) is 0 Å². The van der Waals surface area contributed by atoms with Crippen molar-refractivity contribution in [2.24, 2.45) is 5.73 Å². The zero-order chi connectivity index (χ0) is 13.7. The molecule has 2 rings (SSSR count). The van der Waals surface area contributed by atoms with Gasteiger partial charge in [0.1, 0.15) is 0 Å². The van der Waals surface area contributed by atoms with Gasteiger partial charge in [-0.05, 0) is 32.1 Å². The number of nitrogens with one attached hydrogen (secondary N) is 1. The topological polar surface area (TPSA) is 75.4 Å². The lowest BCUT2D eigenvalue weighted by Gasteiger charge is -2.27. The highest BCUT2D eigenvalue weighted by Gasteiger charge is 2.36. The summed E-state index contributed by atoms with van der Waals surface area (Å²) in [5.74, 6) is 0.0638. The largest absolute Gasteiger partial charge is 0.354 e. The molecule has 3 N–H and O–H groups in total. The Morgan fingerprint density at radius 2 is 1.65 bits per heavy atom. The monoisotopic (exact) mass is 303 g/mol. The molecule has 1 aliphatic carbocycles. The third-order valence-electron chi connectivity index (χ3n) is 4.28. The van der Waals surface area contributed by atoms with Gasteiger partial charge in [0.25, 0.3) is 0 Å². The van der Waals surface area contributed by atoms with Crippen LogP contribution < -0.4 is 11.1 Å². The second-order valence-electron chi connectivity index (χ2n) is 5.81. The van der Waals surface area contributed by atoms with Crippen LogP contribution in [0, 0.1) is 0 Å². The van der Waals surface area contributed by atoms with Crippen LogP contribution >= 0.6 is 12.4 Å². The maximum absolute atomic E-state index is 12.0. The van der Waals surface area contributed by atoms with E-state index in [0.717, 1.165) is 51.6 Å². The molecule has 1 aliphatic heterocycles. The van der Waals surface area contributed by atoms with Gasteiger partial charge in [-0.1, -0.05) is 12.8 Å². The average Bonchev–Trinajstić information content (AvgIpc) is 2.88. The SMILES string of the molecule is Cl.NC1(C(=O)NCCC(=O)N2CCCCC2)CCCC1. The van der Waals surface area contributed by atoms with Crippen LogP contribution in [0.5, 0.6) is 0 Å². The number of nitrogens with two attached hydrogens (primary N) is 1. The maximum Gasteiger partial charge on any atom is 0.240 e. The van der Waals surface area contributed by atoms with Crippen molar-refractivity contribution in [1.29, 1.82) is 0 Å². The van der Waals surface area contributed by atoms with Crippen LogP contribution in [0.1, 0.15) is 51.4 Å². The van der Waals surface area contributed by atoms with E-state index in [0.29, 0.717) is 13.0 Å². The van der Waals surface area contributed by atoms with Crippen molar-refractivity contribution in [3.8, 4) is 0 Å². The molecular formula is C14H26ClN3O2. The Bertz CT molecular complexity index is 337. The standard InChI is InChI=1S/C14H25N3O2.ClH/c15-14(7-2-3-8-14)13(19)16-9-6-12(18)17-10-4-1-5-11-17;/h1-11,15H2,(H,16,19);1H. The first-order valence-corrected chi connectivity index (χ1v) is 7.47. The van der Waals surface area contributed by atoms with Gasteiger partial charge in [0, 0.05) is 26.1 Å². The van der Waals surface area contributed by atoms with Crippen molar-refractivity contribution < 1.29 is 9.59 Å². The predicted octanol–water partition coefficient (Wildman–Crippen LogP) is 1.20. The Hall–Kier alpha value is -0.810. The minimum atomic E-state index is -0.686. The quantitative estimate of drug-likeness (QED) is 0.819. The molecule has 20 heavy (non-hydrogen) atoms. The van der Waals surface area contributed by atoms with Crippen LogP contribution in [0.25, 0.3) is 0 Å². The fourth-order valence-electron chi connectivity index (χ4n) is 2.99. The summed E-state index contributed by atoms with van der Waals surface area (Å²) in [7, 11) is 0. The predicted molar refractivity (Wildman–Crippen MR) is 80.7 cm³/mol. The van der Waals surface area contributed by atoms with Crippen molar-refractivity contribution in [3.05, 3.63) is 0 Å². The summed E-state index contributed by atoms with van der Waals surface area (Å²) in [6, 6.07) is 0. The molecule has 2 amide bonds. The molecule has 0 spiro atoms. The molecule has 5 nitrogen and oxygen atoms in total. The van der Waals surface area contributed by atoms with Gasteiger partial charge in [-0.2, -0.15) is 0 Å². The highest BCUT2D eigenvalue weighted by atomic mass is 35.5. The minimum absolute atomic E-state index is 0. The first-order chi connectivity index (χ1) is 9.12. The van der Waals surface area contributed by atoms with E-state index in [2.05, 4.69) is 5.32 Å². The van der Waals surface area contributed by atoms with E-state index in [9.17, 15) is 9.59 Å². The number of carbonyl (C=O) groups is 2. The van der Waals surface area contributed by atoms with Gasteiger partial charge in [0.05, 0.1) is 5.54 Å². The second-order valence-corrected chi connectivity index (χ2v) is 5.81. The van der Waals surface area contributed by atoms with Gasteiger partial charge in [-0.15, -0.1) is 12.4 Å². The molecule has 0 radical (unpaired) electrons. The highest BCUT2D eigenvalue weighted by Crippen LogP contribution is 2.27. The molecule has 1 saturated heterocycles. The Morgan fingerprint density at radius 1 is 1.05 bits per heavy atom. The van der Waals surface area contributed by atoms with Gasteiger partial charge < -0.3 is 16.0 Å².